The summed E-state index contributed by atoms with van der Waals surface area (Å²) in [5.41, 5.74) is 0.372. The molecular weight excluding hydrogens is 877 g/mol. The first-order valence-corrected chi connectivity index (χ1v) is 20.7. The molecule has 2 heterocycles. The maximum Gasteiger partial charge on any atom is 0.296 e. The van der Waals surface area contributed by atoms with Crippen LogP contribution in [0.1, 0.15) is 15.9 Å². The highest BCUT2D eigenvalue weighted by atomic mass is 35.5. The van der Waals surface area contributed by atoms with E-state index in [0.717, 1.165) is 24.3 Å². The number of nitrogens with zero attached hydrogens (tertiary/aromatic N) is 6. The molecule has 1 aliphatic carbocycles. The van der Waals surface area contributed by atoms with Crippen LogP contribution in [0.3, 0.4) is 0 Å². The van der Waals surface area contributed by atoms with Gasteiger partial charge in [0.1, 0.15) is 14.8 Å². The van der Waals surface area contributed by atoms with Crippen LogP contribution in [0.15, 0.2) is 80.5 Å². The molecule has 2 aromatic heterocycles. The van der Waals surface area contributed by atoms with E-state index in [0.29, 0.717) is 17.5 Å². The Balaban J connectivity index is 1.40. The van der Waals surface area contributed by atoms with Gasteiger partial charge in [0, 0.05) is 18.4 Å². The topological polar surface area (TPSA) is 317 Å². The molecule has 0 unspecified atom stereocenters. The van der Waals surface area contributed by atoms with Gasteiger partial charge in [0.15, 0.2) is 16.7 Å². The summed E-state index contributed by atoms with van der Waals surface area (Å²) in [6, 6.07) is 12.8. The Kier molecular flexibility index (Phi) is 11.4. The number of benzene rings is 3. The van der Waals surface area contributed by atoms with E-state index in [2.05, 4.69) is 56.7 Å². The average molecular weight is 899 g/mol. The van der Waals surface area contributed by atoms with Gasteiger partial charge in [0.05, 0.1) is 21.8 Å². The highest BCUT2D eigenvalue weighted by molar-refractivity contribution is 7.91. The summed E-state index contributed by atoms with van der Waals surface area (Å²) in [6.45, 7) is 0. The van der Waals surface area contributed by atoms with Gasteiger partial charge < -0.3 is 21.3 Å². The second-order valence-electron chi connectivity index (χ2n) is 11.2. The molecule has 6 rings (SSSR count). The van der Waals surface area contributed by atoms with Crippen molar-refractivity contribution in [2.24, 2.45) is 5.10 Å². The van der Waals surface area contributed by atoms with E-state index >= 15 is 0 Å². The number of halogens is 3. The van der Waals surface area contributed by atoms with Crippen molar-refractivity contribution in [2.75, 3.05) is 33.7 Å². The van der Waals surface area contributed by atoms with Crippen LogP contribution in [0.2, 0.25) is 15.5 Å². The summed E-state index contributed by atoms with van der Waals surface area (Å²) in [7, 11) is -13.7. The Bertz CT molecular complexity index is 2900. The number of hydrogen-bond acceptors (Lipinski definition) is 18. The third-order valence-electron chi connectivity index (χ3n) is 7.40. The number of para-hydroxylation sites is 1. The van der Waals surface area contributed by atoms with Gasteiger partial charge in [0.25, 0.3) is 30.4 Å². The van der Waals surface area contributed by atoms with Gasteiger partial charge in [0.2, 0.25) is 28.9 Å². The maximum atomic E-state index is 14.1. The molecule has 0 spiro atoms. The fourth-order valence-electron chi connectivity index (χ4n) is 5.03. The monoisotopic (exact) mass is 897 g/mol. The van der Waals surface area contributed by atoms with Gasteiger partial charge >= 0.3 is 0 Å². The number of fused-ring (bicyclic) bond motifs is 1. The summed E-state index contributed by atoms with van der Waals surface area (Å²) in [5, 5.41) is 14.8. The number of Topliss-reactive ketones (excluding diaryl/α,β-unsaturated/α-hetero) is 1. The number of ketones is 1. The summed E-state index contributed by atoms with van der Waals surface area (Å²) >= 11 is 18.1. The minimum atomic E-state index is -5.29. The van der Waals surface area contributed by atoms with E-state index in [4.69, 9.17) is 34.8 Å². The smallest absolute Gasteiger partial charge is 0.296 e. The highest BCUT2D eigenvalue weighted by Gasteiger charge is 2.36. The molecule has 0 bridgehead atoms. The van der Waals surface area contributed by atoms with E-state index in [1.54, 1.807) is 24.3 Å². The number of rotatable bonds is 12. The Morgan fingerprint density at radius 2 is 1.33 bits per heavy atom. The van der Waals surface area contributed by atoms with Crippen LogP contribution in [0.4, 0.5) is 46.4 Å². The number of allylic oxidation sites excluding steroid dienone is 1. The van der Waals surface area contributed by atoms with Crippen LogP contribution in [-0.4, -0.2) is 82.4 Å². The van der Waals surface area contributed by atoms with Crippen molar-refractivity contribution in [3.63, 3.8) is 0 Å². The predicted octanol–water partition coefficient (Wildman–Crippen LogP) is 5.28. The molecule has 0 radical (unpaired) electrons. The van der Waals surface area contributed by atoms with Crippen molar-refractivity contribution in [1.29, 1.82) is 0 Å². The third kappa shape index (κ3) is 9.36. The number of anilines is 8. The minimum absolute atomic E-state index is 0.00634. The summed E-state index contributed by atoms with van der Waals surface area (Å²) in [4.78, 5) is 31.9. The summed E-state index contributed by atoms with van der Waals surface area (Å²) < 4.78 is 103. The van der Waals surface area contributed by atoms with Crippen LogP contribution in [0.25, 0.3) is 6.08 Å². The molecule has 5 aromatic rings. The van der Waals surface area contributed by atoms with E-state index < -0.39 is 79.0 Å². The normalized spacial score (nSPS) is 13.8. The van der Waals surface area contributed by atoms with Gasteiger partial charge in [-0.1, -0.05) is 41.4 Å². The standard InChI is InChI=1S/C30H22Cl3N11O10S3/c1-34-28-40-29(36-15-6-4-5-14(11-15)35-26-22(31)25(32)38-27(33)39-26)42-30(41-28)37-18-12-16(55(46,47)48)9-13-10-20(57(52,53)54)23(24(45)21(13)18)44-43-17-7-2-3-8-19(17)56(49,50)51/h2-12,43H,1H3,(H,35,38,39)(H,46,47,48)(H,49,50,51)(H,52,53,54)(H3,34,36,37,40,41,42)/b44-23-. The van der Waals surface area contributed by atoms with Gasteiger partial charge in [-0.25, -0.2) is 4.98 Å². The van der Waals surface area contributed by atoms with E-state index in [9.17, 15) is 43.7 Å². The molecule has 1 aliphatic rings. The van der Waals surface area contributed by atoms with Crippen molar-refractivity contribution in [1.82, 2.24) is 24.9 Å². The second kappa shape index (κ2) is 15.8. The van der Waals surface area contributed by atoms with Gasteiger partial charge in [-0.05, 0) is 65.7 Å². The lowest BCUT2D eigenvalue weighted by molar-refractivity contribution is 0.106. The van der Waals surface area contributed by atoms with Crippen molar-refractivity contribution in [3.05, 3.63) is 92.2 Å². The number of nitrogens with one attached hydrogen (secondary N) is 5. The molecule has 0 saturated carbocycles. The molecule has 0 fully saturated rings. The number of aromatic nitrogens is 5. The lowest BCUT2D eigenvalue weighted by Crippen LogP contribution is -2.28. The van der Waals surface area contributed by atoms with Crippen molar-refractivity contribution in [3.8, 4) is 0 Å². The van der Waals surface area contributed by atoms with Crippen LogP contribution >= 0.6 is 34.8 Å². The fraction of sp³-hybridized carbons (Fsp3) is 0.0333. The number of hydrazone groups is 1. The zero-order valence-electron chi connectivity index (χ0n) is 28.1. The number of hydrogen-bond donors (Lipinski definition) is 8. The first kappa shape index (κ1) is 41.1. The van der Waals surface area contributed by atoms with Crippen molar-refractivity contribution in [2.45, 2.75) is 9.79 Å². The lowest BCUT2D eigenvalue weighted by Gasteiger charge is -2.21. The van der Waals surface area contributed by atoms with Crippen molar-refractivity contribution >= 4 is 129 Å². The molecule has 3 aromatic carbocycles. The van der Waals surface area contributed by atoms with Crippen LogP contribution in [0, 0.1) is 0 Å². The minimum Gasteiger partial charge on any atom is -0.357 e. The SMILES string of the molecule is CNc1nc(Nc2cccc(Nc3nc(Cl)nc(Cl)c3Cl)c2)nc(Nc2cc(S(=O)(=O)O)cc3c2C(=O)/C(=N\Nc2ccccc2S(=O)(=O)O)C(S(=O)(=O)O)=C3)n1. The van der Waals surface area contributed by atoms with Crippen molar-refractivity contribution < 1.29 is 43.7 Å². The molecule has 0 atom stereocenters. The molecular formula is C30H22Cl3N11O10S3. The highest BCUT2D eigenvalue weighted by Crippen LogP contribution is 2.36. The van der Waals surface area contributed by atoms with E-state index in [1.807, 2.05) is 0 Å². The van der Waals surface area contributed by atoms with Gasteiger partial charge in [-0.15, -0.1) is 0 Å². The number of carbonyl (C=O) groups excluding carboxylic acids is 1. The number of carbonyl (C=O) groups is 1. The Morgan fingerprint density at radius 3 is 1.98 bits per heavy atom. The molecule has 0 aliphatic heterocycles. The predicted molar refractivity (Wildman–Crippen MR) is 210 cm³/mol. The van der Waals surface area contributed by atoms with Gasteiger partial charge in [-0.3, -0.25) is 23.9 Å². The molecule has 21 nitrogen and oxygen atoms in total. The Morgan fingerprint density at radius 1 is 0.684 bits per heavy atom. The fourth-order valence-corrected chi connectivity index (χ4v) is 7.39. The summed E-state index contributed by atoms with van der Waals surface area (Å²) in [6.07, 6.45) is 0.693. The molecule has 8 N–H and O–H groups in total. The molecule has 57 heavy (non-hydrogen) atoms. The first-order valence-electron chi connectivity index (χ1n) is 15.2. The summed E-state index contributed by atoms with van der Waals surface area (Å²) in [5.74, 6) is -1.63. The zero-order valence-corrected chi connectivity index (χ0v) is 32.8. The Labute approximate surface area is 336 Å². The lowest BCUT2D eigenvalue weighted by atomic mass is 9.93. The van der Waals surface area contributed by atoms with Crippen LogP contribution < -0.4 is 26.7 Å². The molecule has 0 amide bonds. The largest absolute Gasteiger partial charge is 0.357 e. The molecule has 0 saturated heterocycles. The third-order valence-corrected chi connectivity index (χ3v) is 10.9. The van der Waals surface area contributed by atoms with E-state index in [1.165, 1.54) is 19.2 Å². The quantitative estimate of drug-likeness (QED) is 0.0342. The first-order chi connectivity index (χ1) is 26.7. The average Bonchev–Trinajstić information content (AvgIpc) is 3.12. The van der Waals surface area contributed by atoms with Crippen LogP contribution in [-0.2, 0) is 30.4 Å². The van der Waals surface area contributed by atoms with Gasteiger partial charge in [-0.2, -0.15) is 50.3 Å². The van der Waals surface area contributed by atoms with E-state index in [-0.39, 0.29) is 39.1 Å². The maximum absolute atomic E-state index is 14.1. The second-order valence-corrected chi connectivity index (χ2v) is 16.5. The van der Waals surface area contributed by atoms with Crippen LogP contribution in [0.5, 0.6) is 0 Å². The Hall–Kier alpha value is -5.57. The zero-order chi connectivity index (χ0) is 41.4. The molecule has 296 valence electrons. The molecule has 27 heteroatoms.